The molecule has 0 saturated carbocycles. The van der Waals surface area contributed by atoms with Crippen molar-refractivity contribution in [2.45, 2.75) is 168 Å². The van der Waals surface area contributed by atoms with E-state index in [-0.39, 0.29) is 32.3 Å². The van der Waals surface area contributed by atoms with Crippen molar-refractivity contribution in [3.05, 3.63) is 36.5 Å². The van der Waals surface area contributed by atoms with E-state index in [1.165, 1.54) is 103 Å². The SMILES string of the molecule is CCCCCCC/C=C\C/C=C\C/C=C\CCCCCCCCCCCCCOCC(COP(=O)(O)OCCN)OC(=O)CCCC. The van der Waals surface area contributed by atoms with Gasteiger partial charge in [-0.3, -0.25) is 13.8 Å². The second-order valence-corrected chi connectivity index (χ2v) is 13.9. The fourth-order valence-corrected chi connectivity index (χ4v) is 5.75. The molecule has 276 valence electrons. The maximum atomic E-state index is 12.0. The van der Waals surface area contributed by atoms with Crippen LogP contribution in [0.2, 0.25) is 0 Å². The number of hydrogen-bond donors (Lipinski definition) is 2. The lowest BCUT2D eigenvalue weighted by atomic mass is 10.1. The third kappa shape index (κ3) is 35.8. The highest BCUT2D eigenvalue weighted by Gasteiger charge is 2.25. The van der Waals surface area contributed by atoms with Crippen molar-refractivity contribution in [2.75, 3.05) is 33.0 Å². The van der Waals surface area contributed by atoms with Crippen LogP contribution in [0.5, 0.6) is 0 Å². The van der Waals surface area contributed by atoms with Gasteiger partial charge in [0.25, 0.3) is 0 Å². The van der Waals surface area contributed by atoms with Gasteiger partial charge in [-0.2, -0.15) is 0 Å². The van der Waals surface area contributed by atoms with E-state index in [1.807, 2.05) is 6.92 Å². The molecule has 0 aromatic carbocycles. The van der Waals surface area contributed by atoms with Gasteiger partial charge in [-0.25, -0.2) is 4.57 Å². The van der Waals surface area contributed by atoms with Crippen LogP contribution in [0.4, 0.5) is 0 Å². The second kappa shape index (κ2) is 36.0. The molecule has 0 aliphatic heterocycles. The molecule has 0 heterocycles. The molecule has 0 bridgehead atoms. The summed E-state index contributed by atoms with van der Waals surface area (Å²) in [6.07, 6.45) is 40.0. The maximum Gasteiger partial charge on any atom is 0.472 e. The van der Waals surface area contributed by atoms with Gasteiger partial charge in [-0.1, -0.05) is 140 Å². The van der Waals surface area contributed by atoms with Crippen molar-refractivity contribution in [3.8, 4) is 0 Å². The third-order valence-corrected chi connectivity index (χ3v) is 8.79. The lowest BCUT2D eigenvalue weighted by Gasteiger charge is -2.20. The molecule has 0 spiro atoms. The van der Waals surface area contributed by atoms with Gasteiger partial charge in [0.2, 0.25) is 0 Å². The summed E-state index contributed by atoms with van der Waals surface area (Å²) in [5.74, 6) is -0.367. The number of esters is 1. The van der Waals surface area contributed by atoms with E-state index < -0.39 is 13.9 Å². The Morgan fingerprint density at radius 3 is 1.66 bits per heavy atom. The fraction of sp³-hybridized carbons (Fsp3) is 0.816. The van der Waals surface area contributed by atoms with Crippen LogP contribution in [-0.2, 0) is 27.9 Å². The van der Waals surface area contributed by atoms with Crippen LogP contribution in [0.25, 0.3) is 0 Å². The molecule has 2 atom stereocenters. The molecule has 0 saturated heterocycles. The normalized spacial score (nSPS) is 14.0. The Morgan fingerprint density at radius 2 is 1.13 bits per heavy atom. The number of rotatable bonds is 36. The van der Waals surface area contributed by atoms with Crippen molar-refractivity contribution in [3.63, 3.8) is 0 Å². The topological polar surface area (TPSA) is 117 Å². The molecule has 0 rings (SSSR count). The van der Waals surface area contributed by atoms with Crippen molar-refractivity contribution < 1.29 is 32.8 Å². The van der Waals surface area contributed by atoms with E-state index in [0.29, 0.717) is 13.0 Å². The van der Waals surface area contributed by atoms with Gasteiger partial charge in [0, 0.05) is 19.6 Å². The molecule has 2 unspecified atom stereocenters. The van der Waals surface area contributed by atoms with Gasteiger partial charge < -0.3 is 20.1 Å². The van der Waals surface area contributed by atoms with Crippen LogP contribution < -0.4 is 5.73 Å². The molecule has 0 radical (unpaired) electrons. The zero-order valence-electron chi connectivity index (χ0n) is 30.3. The summed E-state index contributed by atoms with van der Waals surface area (Å²) in [6, 6.07) is 0. The Morgan fingerprint density at radius 1 is 0.638 bits per heavy atom. The molecule has 8 nitrogen and oxygen atoms in total. The van der Waals surface area contributed by atoms with Crippen LogP contribution in [0.1, 0.15) is 162 Å². The molecule has 9 heteroatoms. The van der Waals surface area contributed by atoms with E-state index >= 15 is 0 Å². The molecule has 0 aliphatic rings. The Kier molecular flexibility index (Phi) is 35.0. The minimum Gasteiger partial charge on any atom is -0.457 e. The number of unbranched alkanes of at least 4 members (excludes halogenated alkanes) is 17. The lowest BCUT2D eigenvalue weighted by Crippen LogP contribution is -2.28. The minimum atomic E-state index is -4.25. The molecule has 0 fully saturated rings. The van der Waals surface area contributed by atoms with Crippen LogP contribution in [-0.4, -0.2) is 49.9 Å². The first-order chi connectivity index (χ1) is 22.9. The number of carbonyl (C=O) groups is 1. The van der Waals surface area contributed by atoms with E-state index in [0.717, 1.165) is 38.5 Å². The minimum absolute atomic E-state index is 0.0972. The van der Waals surface area contributed by atoms with Crippen molar-refractivity contribution >= 4 is 13.8 Å². The molecule has 47 heavy (non-hydrogen) atoms. The smallest absolute Gasteiger partial charge is 0.457 e. The highest BCUT2D eigenvalue weighted by atomic mass is 31.2. The Balaban J connectivity index is 3.67. The maximum absolute atomic E-state index is 12.0. The number of phosphoric ester groups is 1. The van der Waals surface area contributed by atoms with E-state index in [9.17, 15) is 14.3 Å². The van der Waals surface area contributed by atoms with Crippen LogP contribution in [0, 0.1) is 0 Å². The number of phosphoric acid groups is 1. The highest BCUT2D eigenvalue weighted by Crippen LogP contribution is 2.43. The summed E-state index contributed by atoms with van der Waals surface area (Å²) in [5, 5.41) is 0. The lowest BCUT2D eigenvalue weighted by molar-refractivity contribution is -0.154. The van der Waals surface area contributed by atoms with Gasteiger partial charge in [0.05, 0.1) is 19.8 Å². The van der Waals surface area contributed by atoms with Gasteiger partial charge >= 0.3 is 13.8 Å². The Hall–Kier alpha value is -1.28. The van der Waals surface area contributed by atoms with Gasteiger partial charge in [0.1, 0.15) is 6.10 Å². The average Bonchev–Trinajstić information content (AvgIpc) is 3.06. The van der Waals surface area contributed by atoms with Crippen molar-refractivity contribution in [1.29, 1.82) is 0 Å². The molecule has 0 aromatic rings. The van der Waals surface area contributed by atoms with Crippen LogP contribution in [0.15, 0.2) is 36.5 Å². The summed E-state index contributed by atoms with van der Waals surface area (Å²) in [5.41, 5.74) is 5.30. The van der Waals surface area contributed by atoms with Crippen molar-refractivity contribution in [2.24, 2.45) is 5.73 Å². The zero-order chi connectivity index (χ0) is 34.5. The first-order valence-electron chi connectivity index (χ1n) is 19.0. The summed E-state index contributed by atoms with van der Waals surface area (Å²) in [4.78, 5) is 21.8. The third-order valence-electron chi connectivity index (χ3n) is 7.81. The van der Waals surface area contributed by atoms with Gasteiger partial charge in [0.15, 0.2) is 0 Å². The second-order valence-electron chi connectivity index (χ2n) is 12.4. The zero-order valence-corrected chi connectivity index (χ0v) is 31.2. The summed E-state index contributed by atoms with van der Waals surface area (Å²) in [7, 11) is -4.25. The first-order valence-corrected chi connectivity index (χ1v) is 20.5. The van der Waals surface area contributed by atoms with Gasteiger partial charge in [-0.15, -0.1) is 0 Å². The largest absolute Gasteiger partial charge is 0.472 e. The molecule has 3 N–H and O–H groups in total. The molecular weight excluding hydrogens is 613 g/mol. The van der Waals surface area contributed by atoms with Crippen LogP contribution >= 0.6 is 7.82 Å². The molecule has 0 aromatic heterocycles. The first kappa shape index (κ1) is 45.7. The van der Waals surface area contributed by atoms with E-state index in [2.05, 4.69) is 43.4 Å². The van der Waals surface area contributed by atoms with Crippen molar-refractivity contribution in [1.82, 2.24) is 0 Å². The van der Waals surface area contributed by atoms with E-state index in [1.54, 1.807) is 0 Å². The monoisotopic (exact) mass is 686 g/mol. The fourth-order valence-electron chi connectivity index (χ4n) is 4.98. The predicted molar refractivity (Wildman–Crippen MR) is 196 cm³/mol. The highest BCUT2D eigenvalue weighted by molar-refractivity contribution is 7.47. The summed E-state index contributed by atoms with van der Waals surface area (Å²) < 4.78 is 32.7. The average molecular weight is 686 g/mol. The number of nitrogens with two attached hydrogens (primary N) is 1. The molecular formula is C38H72NO7P. The van der Waals surface area contributed by atoms with Gasteiger partial charge in [-0.05, 0) is 51.4 Å². The Bertz CT molecular complexity index is 818. The molecule has 0 amide bonds. The van der Waals surface area contributed by atoms with Crippen LogP contribution in [0.3, 0.4) is 0 Å². The number of carbonyl (C=O) groups excluding carboxylic acids is 1. The summed E-state index contributed by atoms with van der Waals surface area (Å²) in [6.45, 7) is 4.64. The Labute approximate surface area is 288 Å². The summed E-state index contributed by atoms with van der Waals surface area (Å²) >= 11 is 0. The quantitative estimate of drug-likeness (QED) is 0.0290. The number of hydrogen-bond acceptors (Lipinski definition) is 7. The number of allylic oxidation sites excluding steroid dienone is 6. The predicted octanol–water partition coefficient (Wildman–Crippen LogP) is 10.7. The van der Waals surface area contributed by atoms with E-state index in [4.69, 9.17) is 24.3 Å². The number of ether oxygens (including phenoxy) is 2. The molecule has 0 aliphatic carbocycles. The standard InChI is InChI=1S/C38H72NO7P/c1-3-5-7-8-9-10-11-12-13-14-15-16-17-18-19-20-21-22-23-24-25-26-27-28-29-30-33-43-35-37(46-38(40)31-6-4-2)36-45-47(41,42)44-34-32-39/h11-12,14-15,17-18,37H,3-10,13,16,19-36,39H2,1-2H3,(H,41,42)/b12-11-,15-14-,18-17-.